The number of phenolic OH excluding ortho intramolecular Hbond substituents is 1. The molecule has 1 aliphatic rings. The van der Waals surface area contributed by atoms with Gasteiger partial charge in [0.25, 0.3) is 0 Å². The Morgan fingerprint density at radius 3 is 2.53 bits per heavy atom. The third kappa shape index (κ3) is 1.51. The van der Waals surface area contributed by atoms with Gasteiger partial charge in [0.1, 0.15) is 22.9 Å². The van der Waals surface area contributed by atoms with Crippen LogP contribution in [-0.4, -0.2) is 11.2 Å². The van der Waals surface area contributed by atoms with Gasteiger partial charge in [-0.05, 0) is 12.8 Å². The Labute approximate surface area is 84.1 Å². The summed E-state index contributed by atoms with van der Waals surface area (Å²) in [5.41, 5.74) is -1.14. The van der Waals surface area contributed by atoms with Gasteiger partial charge in [-0.3, -0.25) is 0 Å². The monoisotopic (exact) mass is 211 g/mol. The van der Waals surface area contributed by atoms with Crippen LogP contribution in [0.1, 0.15) is 18.4 Å². The van der Waals surface area contributed by atoms with Crippen molar-refractivity contribution in [3.05, 3.63) is 29.3 Å². The zero-order chi connectivity index (χ0) is 11.1. The van der Waals surface area contributed by atoms with E-state index in [1.165, 1.54) is 6.08 Å². The number of rotatable bonds is 2. The van der Waals surface area contributed by atoms with Crippen LogP contribution in [0.3, 0.4) is 0 Å². The molecule has 3 nitrogen and oxygen atoms in total. The highest BCUT2D eigenvalue weighted by atomic mass is 19.1. The van der Waals surface area contributed by atoms with E-state index in [4.69, 9.17) is 0 Å². The Kier molecular flexibility index (Phi) is 2.05. The summed E-state index contributed by atoms with van der Waals surface area (Å²) in [5.74, 6) is -2.26. The van der Waals surface area contributed by atoms with E-state index in [-0.39, 0.29) is 5.56 Å². The van der Waals surface area contributed by atoms with Crippen molar-refractivity contribution < 1.29 is 18.7 Å². The fourth-order valence-corrected chi connectivity index (χ4v) is 1.64. The Morgan fingerprint density at radius 1 is 1.40 bits per heavy atom. The molecule has 5 heteroatoms. The first-order valence-corrected chi connectivity index (χ1v) is 4.36. The Morgan fingerprint density at radius 2 is 2.07 bits per heavy atom. The highest BCUT2D eigenvalue weighted by molar-refractivity contribution is 5.47. The number of carbonyl (C=O) groups excluding carboxylic acids is 1. The molecule has 2 rings (SSSR count). The molecule has 1 aliphatic carbocycles. The number of aromatic hydroxyl groups is 1. The number of phenols is 1. The highest BCUT2D eigenvalue weighted by Gasteiger charge is 2.48. The average molecular weight is 211 g/mol. The standard InChI is InChI=1S/C10H7F2NO2/c11-6-3-7(12)9(8(15)4-6)10(1-2-10)13-5-14/h3-4,15H,1-2H2. The maximum absolute atomic E-state index is 13.4. The number of isocyanates is 1. The molecule has 0 bridgehead atoms. The molecule has 0 heterocycles. The molecule has 1 N–H and O–H groups in total. The Bertz CT molecular complexity index is 439. The van der Waals surface area contributed by atoms with Gasteiger partial charge in [-0.25, -0.2) is 13.6 Å². The zero-order valence-electron chi connectivity index (χ0n) is 7.63. The summed E-state index contributed by atoms with van der Waals surface area (Å²) < 4.78 is 26.1. The predicted molar refractivity (Wildman–Crippen MR) is 47.1 cm³/mol. The van der Waals surface area contributed by atoms with Crippen molar-refractivity contribution in [3.63, 3.8) is 0 Å². The molecule has 1 aromatic carbocycles. The van der Waals surface area contributed by atoms with Gasteiger partial charge in [-0.1, -0.05) is 0 Å². The fourth-order valence-electron chi connectivity index (χ4n) is 1.64. The first-order valence-electron chi connectivity index (χ1n) is 4.36. The lowest BCUT2D eigenvalue weighted by molar-refractivity contribution is 0.437. The number of halogens is 2. The van der Waals surface area contributed by atoms with E-state index in [1.807, 2.05) is 0 Å². The van der Waals surface area contributed by atoms with Gasteiger partial charge >= 0.3 is 0 Å². The van der Waals surface area contributed by atoms with Crippen LogP contribution in [0.4, 0.5) is 8.78 Å². The van der Waals surface area contributed by atoms with Crippen molar-refractivity contribution in [1.29, 1.82) is 0 Å². The molecule has 1 aromatic rings. The molecule has 78 valence electrons. The maximum atomic E-state index is 13.4. The van der Waals surface area contributed by atoms with Gasteiger partial charge in [0.2, 0.25) is 6.08 Å². The summed E-state index contributed by atoms with van der Waals surface area (Å²) in [5, 5.41) is 9.40. The number of benzene rings is 1. The molecule has 0 unspecified atom stereocenters. The van der Waals surface area contributed by atoms with Crippen LogP contribution in [0, 0.1) is 11.6 Å². The number of nitrogens with zero attached hydrogens (tertiary/aromatic N) is 1. The molecule has 15 heavy (non-hydrogen) atoms. The first kappa shape index (κ1) is 9.80. The lowest BCUT2D eigenvalue weighted by Crippen LogP contribution is -2.06. The van der Waals surface area contributed by atoms with Gasteiger partial charge < -0.3 is 5.11 Å². The van der Waals surface area contributed by atoms with Crippen LogP contribution in [-0.2, 0) is 10.3 Å². The highest BCUT2D eigenvalue weighted by Crippen LogP contribution is 2.53. The minimum atomic E-state index is -1.02. The van der Waals surface area contributed by atoms with Gasteiger partial charge in [-0.15, -0.1) is 0 Å². The Hall–Kier alpha value is -1.74. The summed E-state index contributed by atoms with van der Waals surface area (Å²) >= 11 is 0. The smallest absolute Gasteiger partial charge is 0.235 e. The van der Waals surface area contributed by atoms with Crippen molar-refractivity contribution in [2.24, 2.45) is 4.99 Å². The van der Waals surface area contributed by atoms with Crippen LogP contribution in [0.25, 0.3) is 0 Å². The molecular formula is C10H7F2NO2. The third-order valence-electron chi connectivity index (χ3n) is 2.48. The van der Waals surface area contributed by atoms with E-state index in [2.05, 4.69) is 4.99 Å². The van der Waals surface area contributed by atoms with Crippen LogP contribution < -0.4 is 0 Å². The van der Waals surface area contributed by atoms with Crippen molar-refractivity contribution in [2.45, 2.75) is 18.4 Å². The summed E-state index contributed by atoms with van der Waals surface area (Å²) in [4.78, 5) is 13.6. The van der Waals surface area contributed by atoms with Crippen LogP contribution in [0.15, 0.2) is 17.1 Å². The molecule has 0 aromatic heterocycles. The second-order valence-electron chi connectivity index (χ2n) is 3.52. The van der Waals surface area contributed by atoms with Gasteiger partial charge in [-0.2, -0.15) is 4.99 Å². The molecule has 1 saturated carbocycles. The van der Waals surface area contributed by atoms with Crippen molar-refractivity contribution in [1.82, 2.24) is 0 Å². The molecule has 0 saturated heterocycles. The lowest BCUT2D eigenvalue weighted by atomic mass is 10.0. The summed E-state index contributed by atoms with van der Waals surface area (Å²) in [7, 11) is 0. The molecule has 0 radical (unpaired) electrons. The predicted octanol–water partition coefficient (Wildman–Crippen LogP) is 2.00. The molecule has 1 fully saturated rings. The largest absolute Gasteiger partial charge is 0.507 e. The van der Waals surface area contributed by atoms with Gasteiger partial charge in [0, 0.05) is 12.1 Å². The third-order valence-corrected chi connectivity index (χ3v) is 2.48. The van der Waals surface area contributed by atoms with Crippen LogP contribution in [0.2, 0.25) is 0 Å². The summed E-state index contributed by atoms with van der Waals surface area (Å²) in [6.07, 6.45) is 2.25. The van der Waals surface area contributed by atoms with E-state index < -0.39 is 22.9 Å². The molecule has 0 atom stereocenters. The normalized spacial score (nSPS) is 16.9. The summed E-state index contributed by atoms with van der Waals surface area (Å²) in [6, 6.07) is 1.47. The minimum absolute atomic E-state index is 0.118. The lowest BCUT2D eigenvalue weighted by Gasteiger charge is -2.11. The van der Waals surface area contributed by atoms with Gasteiger partial charge in [0.05, 0.1) is 5.56 Å². The second kappa shape index (κ2) is 3.14. The van der Waals surface area contributed by atoms with E-state index in [9.17, 15) is 18.7 Å². The average Bonchev–Trinajstić information content (AvgIpc) is 2.83. The zero-order valence-corrected chi connectivity index (χ0v) is 7.63. The van der Waals surface area contributed by atoms with Crippen molar-refractivity contribution >= 4 is 6.08 Å². The van der Waals surface area contributed by atoms with E-state index >= 15 is 0 Å². The van der Waals surface area contributed by atoms with Gasteiger partial charge in [0.15, 0.2) is 0 Å². The fraction of sp³-hybridized carbons (Fsp3) is 0.300. The minimum Gasteiger partial charge on any atom is -0.507 e. The number of hydrogen-bond donors (Lipinski definition) is 1. The van der Waals surface area contributed by atoms with Crippen LogP contribution in [0.5, 0.6) is 5.75 Å². The van der Waals surface area contributed by atoms with E-state index in [0.29, 0.717) is 18.9 Å². The topological polar surface area (TPSA) is 49.7 Å². The summed E-state index contributed by atoms with van der Waals surface area (Å²) in [6.45, 7) is 0. The van der Waals surface area contributed by atoms with Crippen molar-refractivity contribution in [2.75, 3.05) is 0 Å². The van der Waals surface area contributed by atoms with E-state index in [1.54, 1.807) is 0 Å². The Balaban J connectivity index is 2.58. The quantitative estimate of drug-likeness (QED) is 0.600. The van der Waals surface area contributed by atoms with Crippen LogP contribution >= 0.6 is 0 Å². The SMILES string of the molecule is O=C=NC1(c2c(O)cc(F)cc2F)CC1. The molecule has 0 amide bonds. The number of aliphatic imine (C=N–C) groups is 1. The van der Waals surface area contributed by atoms with E-state index in [0.717, 1.165) is 6.07 Å². The molecule has 0 aliphatic heterocycles. The first-order chi connectivity index (χ1) is 7.09. The maximum Gasteiger partial charge on any atom is 0.235 e. The number of hydrogen-bond acceptors (Lipinski definition) is 3. The van der Waals surface area contributed by atoms with Crippen molar-refractivity contribution in [3.8, 4) is 5.75 Å². The molecule has 0 spiro atoms. The second-order valence-corrected chi connectivity index (χ2v) is 3.52. The molecular weight excluding hydrogens is 204 g/mol.